The largest absolute Gasteiger partial charge is 0.472 e. The lowest BCUT2D eigenvalue weighted by Crippen LogP contribution is -2.37. The molecule has 12 heteroatoms. The number of carbonyl (C=O) groups is 2. The molecule has 0 aliphatic heterocycles. The average molecular weight is 865 g/mol. The summed E-state index contributed by atoms with van der Waals surface area (Å²) >= 11 is 0. The molecular weight excluding hydrogens is 781 g/mol. The van der Waals surface area contributed by atoms with Gasteiger partial charge in [0, 0.05) is 25.7 Å². The van der Waals surface area contributed by atoms with Gasteiger partial charge in [-0.05, 0) is 82.8 Å². The first kappa shape index (κ1) is 55.2. The van der Waals surface area contributed by atoms with Gasteiger partial charge in [-0.15, -0.1) is 0 Å². The summed E-state index contributed by atoms with van der Waals surface area (Å²) < 4.78 is 40.4. The van der Waals surface area contributed by atoms with Gasteiger partial charge in [0.1, 0.15) is 31.3 Å². The molecule has 11 nitrogen and oxygen atoms in total. The van der Waals surface area contributed by atoms with Gasteiger partial charge in [0.05, 0.1) is 33.9 Å². The molecule has 1 aromatic heterocycles. The molecule has 0 saturated carbocycles. The predicted octanol–water partition coefficient (Wildman–Crippen LogP) is 11.3. The monoisotopic (exact) mass is 865 g/mol. The molecule has 0 radical (unpaired) electrons. The number of unbranched alkanes of at least 4 members (excludes halogenated alkanes) is 9. The van der Waals surface area contributed by atoms with Crippen LogP contribution in [0.2, 0.25) is 0 Å². The first-order valence-corrected chi connectivity index (χ1v) is 24.3. The van der Waals surface area contributed by atoms with Crippen LogP contribution in [0.5, 0.6) is 0 Å². The van der Waals surface area contributed by atoms with E-state index in [0.717, 1.165) is 101 Å². The van der Waals surface area contributed by atoms with Gasteiger partial charge in [-0.1, -0.05) is 114 Å². The van der Waals surface area contributed by atoms with Gasteiger partial charge >= 0.3 is 19.8 Å². The Kier molecular flexibility index (Phi) is 31.1. The van der Waals surface area contributed by atoms with Crippen LogP contribution in [0.15, 0.2) is 53.0 Å². The molecule has 0 aliphatic carbocycles. The second-order valence-electron chi connectivity index (χ2n) is 16.8. The summed E-state index contributed by atoms with van der Waals surface area (Å²) in [5.41, 5.74) is 2.61. The van der Waals surface area contributed by atoms with Crippen LogP contribution >= 0.6 is 7.82 Å². The quantitative estimate of drug-likeness (QED) is 0.0218. The summed E-state index contributed by atoms with van der Waals surface area (Å²) in [5, 5.41) is 9.83. The highest BCUT2D eigenvalue weighted by Gasteiger charge is 2.27. The molecule has 0 fully saturated rings. The maximum Gasteiger partial charge on any atom is 0.472 e. The van der Waals surface area contributed by atoms with Gasteiger partial charge in [-0.25, -0.2) is 4.57 Å². The van der Waals surface area contributed by atoms with Crippen molar-refractivity contribution in [3.05, 3.63) is 71.3 Å². The Morgan fingerprint density at radius 2 is 1.27 bits per heavy atom. The van der Waals surface area contributed by atoms with Crippen LogP contribution in [-0.4, -0.2) is 86.1 Å². The van der Waals surface area contributed by atoms with Crippen molar-refractivity contribution in [2.24, 2.45) is 0 Å². The van der Waals surface area contributed by atoms with Crippen LogP contribution in [0.1, 0.15) is 158 Å². The summed E-state index contributed by atoms with van der Waals surface area (Å²) in [4.78, 5) is 35.5. The van der Waals surface area contributed by atoms with E-state index < -0.39 is 32.5 Å². The summed E-state index contributed by atoms with van der Waals surface area (Å²) in [6.45, 7) is 8.39. The molecule has 0 spiro atoms. The van der Waals surface area contributed by atoms with E-state index in [4.69, 9.17) is 22.9 Å². The van der Waals surface area contributed by atoms with Crippen molar-refractivity contribution in [2.45, 2.75) is 175 Å². The van der Waals surface area contributed by atoms with Gasteiger partial charge in [-0.2, -0.15) is 0 Å². The molecule has 0 bridgehead atoms. The number of esters is 2. The normalized spacial score (nSPS) is 14.5. The van der Waals surface area contributed by atoms with Crippen molar-refractivity contribution < 1.29 is 51.6 Å². The van der Waals surface area contributed by atoms with Crippen molar-refractivity contribution in [1.29, 1.82) is 0 Å². The van der Waals surface area contributed by atoms with E-state index in [1.807, 2.05) is 39.4 Å². The molecule has 1 heterocycles. The van der Waals surface area contributed by atoms with E-state index >= 15 is 0 Å². The predicted molar refractivity (Wildman–Crippen MR) is 243 cm³/mol. The molecule has 2 N–H and O–H groups in total. The average Bonchev–Trinajstić information content (AvgIpc) is 3.45. The number of likely N-dealkylation sites (N-methyl/N-ethyl adjacent to an activating group) is 1. The Balaban J connectivity index is 2.38. The topological polar surface area (TPSA) is 142 Å². The van der Waals surface area contributed by atoms with Crippen LogP contribution in [0, 0.1) is 13.8 Å². The lowest BCUT2D eigenvalue weighted by atomic mass is 10.0. The number of phosphoric ester groups is 1. The number of phosphoric acid groups is 1. The van der Waals surface area contributed by atoms with Crippen molar-refractivity contribution >= 4 is 19.8 Å². The molecule has 0 amide bonds. The Hall–Kier alpha value is -2.79. The fourth-order valence-electron chi connectivity index (χ4n) is 6.25. The molecule has 0 saturated heterocycles. The number of furan rings is 1. The fourth-order valence-corrected chi connectivity index (χ4v) is 6.99. The first-order valence-electron chi connectivity index (χ1n) is 22.8. The number of aliphatic hydroxyl groups excluding tert-OH is 1. The second-order valence-corrected chi connectivity index (χ2v) is 18.3. The number of carbonyl (C=O) groups excluding carboxylic acids is 2. The van der Waals surface area contributed by atoms with Gasteiger partial charge in [0.15, 0.2) is 6.10 Å². The van der Waals surface area contributed by atoms with E-state index in [1.165, 1.54) is 24.0 Å². The van der Waals surface area contributed by atoms with Crippen molar-refractivity contribution in [3.8, 4) is 0 Å². The third kappa shape index (κ3) is 30.3. The molecule has 1 aromatic rings. The van der Waals surface area contributed by atoms with Gasteiger partial charge in [-0.3, -0.25) is 18.6 Å². The smallest absolute Gasteiger partial charge is 0.466 e. The van der Waals surface area contributed by atoms with E-state index in [0.29, 0.717) is 30.3 Å². The molecule has 60 heavy (non-hydrogen) atoms. The van der Waals surface area contributed by atoms with E-state index in [-0.39, 0.29) is 32.2 Å². The minimum Gasteiger partial charge on any atom is -0.466 e. The molecule has 3 atom stereocenters. The number of quaternary nitrogens is 1. The standard InChI is InChI=1S/C48H82NO10P/c1-8-10-32-43(50)33-27-23-19-15-13-11-12-14-16-21-25-29-35-47(51)55-39-44(40-57-60(53,54)56-38-37-49(5,6)7)58-48(52)36-30-26-22-18-17-20-24-28-34-46-42(4)41(3)45(59-46)31-9-2/h11-12,15-16,19,21,27,33,43-44,50H,8-10,13-14,17-18,20,22-26,28-32,34-40H2,1-7H3/p+1/b12-11-,19-15-,21-16-,33-27-/t43-,44+/m0/s1. The van der Waals surface area contributed by atoms with Crippen LogP contribution in [0.3, 0.4) is 0 Å². The zero-order chi connectivity index (χ0) is 44.5. The lowest BCUT2D eigenvalue weighted by molar-refractivity contribution is -0.870. The number of rotatable bonds is 37. The third-order valence-corrected chi connectivity index (χ3v) is 11.1. The highest BCUT2D eigenvalue weighted by molar-refractivity contribution is 7.47. The highest BCUT2D eigenvalue weighted by atomic mass is 31.2. The first-order chi connectivity index (χ1) is 28.7. The van der Waals surface area contributed by atoms with Crippen LogP contribution < -0.4 is 0 Å². The molecule has 0 aliphatic rings. The Morgan fingerprint density at radius 3 is 1.88 bits per heavy atom. The minimum absolute atomic E-state index is 0.00739. The summed E-state index contributed by atoms with van der Waals surface area (Å²) in [6.07, 6.45) is 33.5. The van der Waals surface area contributed by atoms with Crippen LogP contribution in [-0.2, 0) is 45.5 Å². The number of allylic oxidation sites excluding steroid dienone is 7. The molecule has 1 rings (SSSR count). The number of hydrogen-bond donors (Lipinski definition) is 2. The molecule has 1 unspecified atom stereocenters. The summed E-state index contributed by atoms with van der Waals surface area (Å²) in [7, 11) is 1.39. The minimum atomic E-state index is -4.41. The van der Waals surface area contributed by atoms with Gasteiger partial charge < -0.3 is 28.4 Å². The Labute approximate surface area is 363 Å². The van der Waals surface area contributed by atoms with Gasteiger partial charge in [0.2, 0.25) is 0 Å². The summed E-state index contributed by atoms with van der Waals surface area (Å²) in [5.74, 6) is 1.37. The molecular formula is C48H83NO10P+. The van der Waals surface area contributed by atoms with Crippen LogP contribution in [0.25, 0.3) is 0 Å². The van der Waals surface area contributed by atoms with Crippen LogP contribution in [0.4, 0.5) is 0 Å². The van der Waals surface area contributed by atoms with E-state index in [9.17, 15) is 24.2 Å². The van der Waals surface area contributed by atoms with E-state index in [1.54, 1.807) is 0 Å². The zero-order valence-corrected chi connectivity index (χ0v) is 39.4. The van der Waals surface area contributed by atoms with Gasteiger partial charge in [0.25, 0.3) is 0 Å². The zero-order valence-electron chi connectivity index (χ0n) is 38.5. The highest BCUT2D eigenvalue weighted by Crippen LogP contribution is 2.43. The number of aliphatic hydroxyl groups is 1. The SMILES string of the molecule is CCCC[C@H](O)/C=C\C/C=C\C/C=C\C/C=C\CCCC(=O)OC[C@H](COP(=O)(O)OCC[N+](C)(C)C)OC(=O)CCCCCCCCCCc1oc(CCC)c(C)c1C. The third-order valence-electron chi connectivity index (χ3n) is 10.1. The molecule has 0 aromatic carbocycles. The summed E-state index contributed by atoms with van der Waals surface area (Å²) in [6, 6.07) is 0. The van der Waals surface area contributed by atoms with Crippen molar-refractivity contribution in [2.75, 3.05) is 47.5 Å². The Bertz CT molecular complexity index is 1460. The number of nitrogens with zero attached hydrogens (tertiary/aromatic N) is 1. The Morgan fingerprint density at radius 1 is 0.700 bits per heavy atom. The van der Waals surface area contributed by atoms with Crippen molar-refractivity contribution in [3.63, 3.8) is 0 Å². The fraction of sp³-hybridized carbons (Fsp3) is 0.708. The number of aryl methyl sites for hydroxylation is 2. The second kappa shape index (κ2) is 33.8. The number of ether oxygens (including phenoxy) is 2. The van der Waals surface area contributed by atoms with E-state index in [2.05, 4.69) is 58.1 Å². The maximum atomic E-state index is 12.8. The van der Waals surface area contributed by atoms with Crippen molar-refractivity contribution in [1.82, 2.24) is 0 Å². The molecule has 344 valence electrons. The maximum absolute atomic E-state index is 12.8. The lowest BCUT2D eigenvalue weighted by Gasteiger charge is -2.24. The number of hydrogen-bond acceptors (Lipinski definition) is 9.